The van der Waals surface area contributed by atoms with Crippen LogP contribution >= 0.6 is 0 Å². The highest BCUT2D eigenvalue weighted by atomic mass is 16.7. The predicted molar refractivity (Wildman–Crippen MR) is 135 cm³/mol. The Balaban J connectivity index is 1.87. The number of carbonyl (C=O) groups excluding carboxylic acids is 1. The van der Waals surface area contributed by atoms with Crippen molar-refractivity contribution in [1.82, 2.24) is 5.32 Å². The Hall–Kier alpha value is -1.13. The fourth-order valence-corrected chi connectivity index (χ4v) is 5.83. The van der Waals surface area contributed by atoms with Crippen LogP contribution in [-0.2, 0) is 18.9 Å². The number of nitrogens with two attached hydrogens (primary N) is 2. The highest BCUT2D eigenvalue weighted by Gasteiger charge is 2.53. The van der Waals surface area contributed by atoms with Crippen molar-refractivity contribution in [2.75, 3.05) is 6.61 Å². The van der Waals surface area contributed by atoms with Crippen LogP contribution in [0.5, 0.6) is 0 Å². The lowest BCUT2D eigenvalue weighted by atomic mass is 9.70. The summed E-state index contributed by atoms with van der Waals surface area (Å²) in [6.07, 6.45) is -8.76. The summed E-state index contributed by atoms with van der Waals surface area (Å²) < 4.78 is 23.3. The minimum absolute atomic E-state index is 0.177. The number of amides is 1. The van der Waals surface area contributed by atoms with E-state index in [0.29, 0.717) is 12.8 Å². The van der Waals surface area contributed by atoms with Crippen LogP contribution in [0.3, 0.4) is 0 Å². The van der Waals surface area contributed by atoms with E-state index in [2.05, 4.69) is 5.32 Å². The Morgan fingerprint density at radius 1 is 1.03 bits per heavy atom. The quantitative estimate of drug-likeness (QED) is 0.186. The second kappa shape index (κ2) is 12.6. The molecular formula is C25H47N3O10. The Morgan fingerprint density at radius 3 is 2.26 bits per heavy atom. The van der Waals surface area contributed by atoms with Gasteiger partial charge in [0.05, 0.1) is 37.1 Å². The Labute approximate surface area is 223 Å². The van der Waals surface area contributed by atoms with E-state index in [-0.39, 0.29) is 12.3 Å². The van der Waals surface area contributed by atoms with Gasteiger partial charge in [0.25, 0.3) is 0 Å². The smallest absolute Gasteiger partial charge is 0.407 e. The molecule has 10 N–H and O–H groups in total. The molecule has 2 heterocycles. The van der Waals surface area contributed by atoms with Crippen molar-refractivity contribution in [1.29, 1.82) is 0 Å². The summed E-state index contributed by atoms with van der Waals surface area (Å²) in [7, 11) is 0. The molecule has 3 aliphatic rings. The van der Waals surface area contributed by atoms with E-state index in [9.17, 15) is 30.3 Å². The molecule has 0 radical (unpaired) electrons. The number of hydrogen-bond donors (Lipinski definition) is 8. The number of rotatable bonds is 6. The Bertz CT molecular complexity index is 783. The van der Waals surface area contributed by atoms with Crippen molar-refractivity contribution in [3.05, 3.63) is 0 Å². The zero-order valence-electron chi connectivity index (χ0n) is 22.8. The summed E-state index contributed by atoms with van der Waals surface area (Å²) in [5, 5.41) is 55.3. The number of aliphatic hydroxyl groups is 5. The molecule has 0 aromatic heterocycles. The van der Waals surface area contributed by atoms with Gasteiger partial charge in [-0.25, -0.2) is 4.79 Å². The molecule has 2 saturated heterocycles. The molecule has 3 fully saturated rings. The number of ether oxygens (including phenoxy) is 4. The zero-order valence-corrected chi connectivity index (χ0v) is 22.8. The molecule has 2 aliphatic heterocycles. The van der Waals surface area contributed by atoms with Gasteiger partial charge in [-0.15, -0.1) is 0 Å². The van der Waals surface area contributed by atoms with Gasteiger partial charge >= 0.3 is 6.09 Å². The maximum Gasteiger partial charge on any atom is 0.407 e. The van der Waals surface area contributed by atoms with Gasteiger partial charge in [-0.3, -0.25) is 0 Å². The third-order valence-corrected chi connectivity index (χ3v) is 7.79. The van der Waals surface area contributed by atoms with Gasteiger partial charge < -0.3 is 61.3 Å². The van der Waals surface area contributed by atoms with Gasteiger partial charge in [-0.2, -0.15) is 0 Å². The molecule has 1 aliphatic carbocycles. The van der Waals surface area contributed by atoms with Crippen LogP contribution in [0.4, 0.5) is 4.79 Å². The maximum atomic E-state index is 12.7. The van der Waals surface area contributed by atoms with Crippen LogP contribution in [0, 0.1) is 11.8 Å². The van der Waals surface area contributed by atoms with Crippen LogP contribution in [0.25, 0.3) is 0 Å². The molecule has 1 amide bonds. The fraction of sp³-hybridized carbons (Fsp3) is 0.960. The first-order valence-corrected chi connectivity index (χ1v) is 13.5. The van der Waals surface area contributed by atoms with Crippen LogP contribution in [0.15, 0.2) is 0 Å². The van der Waals surface area contributed by atoms with Crippen molar-refractivity contribution in [2.24, 2.45) is 23.3 Å². The lowest BCUT2D eigenvalue weighted by molar-refractivity contribution is -0.306. The summed E-state index contributed by atoms with van der Waals surface area (Å²) in [6.45, 7) is 8.47. The summed E-state index contributed by atoms with van der Waals surface area (Å²) in [5.74, 6) is -0.887. The Kier molecular flexibility index (Phi) is 10.4. The van der Waals surface area contributed by atoms with Crippen molar-refractivity contribution < 1.29 is 49.3 Å². The molecule has 14 unspecified atom stereocenters. The van der Waals surface area contributed by atoms with Crippen LogP contribution in [0.1, 0.15) is 53.9 Å². The first-order valence-electron chi connectivity index (χ1n) is 13.5. The summed E-state index contributed by atoms with van der Waals surface area (Å²) in [5.41, 5.74) is 11.6. The molecule has 38 heavy (non-hydrogen) atoms. The standard InChI is InChI=1S/C25H47N3O10/c1-6-14-13(30)7-10(2)21(35-14)16-12(28-24(34)38-25(3,4)5)8-11(26)22(19(16)32)37-23-20(33)17(27)18(31)15(9-29)36-23/h10-23,29-33H,6-9,26-27H2,1-5H3,(H,28,34). The second-order valence-electron chi connectivity index (χ2n) is 11.9. The Morgan fingerprint density at radius 2 is 1.68 bits per heavy atom. The SMILES string of the molecule is CCC1OC(C2C(NC(=O)OC(C)(C)C)CC(N)C(OC3OC(CO)C(O)C(N)C3O)C2O)C(C)CC1O. The van der Waals surface area contributed by atoms with Gasteiger partial charge in [-0.05, 0) is 46.0 Å². The van der Waals surface area contributed by atoms with Gasteiger partial charge in [0.1, 0.15) is 30.0 Å². The molecular weight excluding hydrogens is 502 g/mol. The largest absolute Gasteiger partial charge is 0.444 e. The van der Waals surface area contributed by atoms with Gasteiger partial charge in [-0.1, -0.05) is 13.8 Å². The molecule has 1 saturated carbocycles. The number of aliphatic hydroxyl groups excluding tert-OH is 5. The normalized spacial score (nSPS) is 46.4. The first-order chi connectivity index (χ1) is 17.7. The lowest BCUT2D eigenvalue weighted by Crippen LogP contribution is -2.68. The molecule has 14 atom stereocenters. The van der Waals surface area contributed by atoms with Crippen LogP contribution < -0.4 is 16.8 Å². The number of alkyl carbamates (subject to hydrolysis) is 1. The van der Waals surface area contributed by atoms with E-state index >= 15 is 0 Å². The molecule has 0 bridgehead atoms. The molecule has 0 spiro atoms. The molecule has 13 nitrogen and oxygen atoms in total. The third kappa shape index (κ3) is 6.95. The van der Waals surface area contributed by atoms with Crippen LogP contribution in [-0.4, -0.2) is 117 Å². The van der Waals surface area contributed by atoms with Gasteiger partial charge in [0.15, 0.2) is 6.29 Å². The van der Waals surface area contributed by atoms with Gasteiger partial charge in [0.2, 0.25) is 0 Å². The van der Waals surface area contributed by atoms with Crippen molar-refractivity contribution in [3.8, 4) is 0 Å². The van der Waals surface area contributed by atoms with E-state index in [4.69, 9.17) is 30.4 Å². The van der Waals surface area contributed by atoms with Gasteiger partial charge in [0, 0.05) is 18.0 Å². The fourth-order valence-electron chi connectivity index (χ4n) is 5.83. The summed E-state index contributed by atoms with van der Waals surface area (Å²) in [4.78, 5) is 12.7. The van der Waals surface area contributed by atoms with E-state index in [1.54, 1.807) is 20.8 Å². The van der Waals surface area contributed by atoms with Crippen molar-refractivity contribution in [2.45, 2.75) is 133 Å². The van der Waals surface area contributed by atoms with Crippen molar-refractivity contribution in [3.63, 3.8) is 0 Å². The molecule has 13 heteroatoms. The predicted octanol–water partition coefficient (Wildman–Crippen LogP) is -1.70. The molecule has 3 rings (SSSR count). The number of nitrogens with one attached hydrogen (secondary N) is 1. The summed E-state index contributed by atoms with van der Waals surface area (Å²) in [6, 6.07) is -2.62. The minimum atomic E-state index is -1.45. The van der Waals surface area contributed by atoms with Crippen molar-refractivity contribution >= 4 is 6.09 Å². The monoisotopic (exact) mass is 549 g/mol. The average molecular weight is 550 g/mol. The number of hydrogen-bond acceptors (Lipinski definition) is 12. The second-order valence-corrected chi connectivity index (χ2v) is 11.9. The first kappa shape index (κ1) is 31.4. The molecule has 0 aromatic rings. The highest BCUT2D eigenvalue weighted by Crippen LogP contribution is 2.40. The van der Waals surface area contributed by atoms with E-state index in [0.717, 1.165) is 0 Å². The van der Waals surface area contributed by atoms with E-state index in [1.807, 2.05) is 13.8 Å². The molecule has 222 valence electrons. The average Bonchev–Trinajstić information content (AvgIpc) is 2.81. The van der Waals surface area contributed by atoms with E-state index < -0.39 is 97.5 Å². The highest BCUT2D eigenvalue weighted by molar-refractivity contribution is 5.68. The summed E-state index contributed by atoms with van der Waals surface area (Å²) >= 11 is 0. The lowest BCUT2D eigenvalue weighted by Gasteiger charge is -2.51. The number of carbonyl (C=O) groups is 1. The molecule has 0 aromatic carbocycles. The zero-order chi connectivity index (χ0) is 28.5. The van der Waals surface area contributed by atoms with E-state index in [1.165, 1.54) is 0 Å². The topological polar surface area (TPSA) is 219 Å². The van der Waals surface area contributed by atoms with Crippen LogP contribution in [0.2, 0.25) is 0 Å². The maximum absolute atomic E-state index is 12.7. The minimum Gasteiger partial charge on any atom is -0.444 e. The third-order valence-electron chi connectivity index (χ3n) is 7.79.